The Labute approximate surface area is 136 Å². The molecule has 0 saturated heterocycles. The summed E-state index contributed by atoms with van der Waals surface area (Å²) in [4.78, 5) is 11.9. The van der Waals surface area contributed by atoms with Crippen LogP contribution in [-0.2, 0) is 11.3 Å². The zero-order chi connectivity index (χ0) is 16.7. The molecule has 0 fully saturated rings. The van der Waals surface area contributed by atoms with Gasteiger partial charge in [-0.1, -0.05) is 50.6 Å². The summed E-state index contributed by atoms with van der Waals surface area (Å²) in [6.07, 6.45) is 0.925. The summed E-state index contributed by atoms with van der Waals surface area (Å²) in [7, 11) is 0. The molecule has 1 atom stereocenters. The number of hydrogen-bond donors (Lipinski definition) is 0. The predicted octanol–water partition coefficient (Wildman–Crippen LogP) is 4.61. The molecular weight excluding hydrogens is 295 g/mol. The van der Waals surface area contributed by atoms with Gasteiger partial charge in [0.05, 0.1) is 12.2 Å². The average molecular weight is 316 g/mol. The van der Waals surface area contributed by atoms with Gasteiger partial charge in [0.2, 0.25) is 0 Å². The van der Waals surface area contributed by atoms with Gasteiger partial charge >= 0.3 is 5.97 Å². The highest BCUT2D eigenvalue weighted by Crippen LogP contribution is 2.20. The fraction of sp³-hybridized carbons (Fsp3) is 0.316. The van der Waals surface area contributed by atoms with Gasteiger partial charge in [0.1, 0.15) is 6.61 Å². The van der Waals surface area contributed by atoms with E-state index in [9.17, 15) is 9.18 Å². The van der Waals surface area contributed by atoms with Crippen molar-refractivity contribution >= 4 is 5.97 Å². The summed E-state index contributed by atoms with van der Waals surface area (Å²) < 4.78 is 24.6. The highest BCUT2D eigenvalue weighted by Gasteiger charge is 2.13. The molecule has 0 amide bonds. The van der Waals surface area contributed by atoms with Crippen LogP contribution >= 0.6 is 0 Å². The number of esters is 1. The van der Waals surface area contributed by atoms with E-state index in [-0.39, 0.29) is 23.8 Å². The average Bonchev–Trinajstić information content (AvgIpc) is 2.59. The van der Waals surface area contributed by atoms with Crippen molar-refractivity contribution < 1.29 is 18.7 Å². The van der Waals surface area contributed by atoms with E-state index in [4.69, 9.17) is 9.47 Å². The summed E-state index contributed by atoms with van der Waals surface area (Å²) >= 11 is 0. The summed E-state index contributed by atoms with van der Waals surface area (Å²) in [5.41, 5.74) is 1.14. The molecule has 0 aliphatic rings. The van der Waals surface area contributed by atoms with Gasteiger partial charge in [-0.15, -0.1) is 0 Å². The third-order valence-electron chi connectivity index (χ3n) is 3.60. The van der Waals surface area contributed by atoms with Crippen molar-refractivity contribution in [3.63, 3.8) is 0 Å². The van der Waals surface area contributed by atoms with Crippen molar-refractivity contribution in [2.45, 2.75) is 26.9 Å². The van der Waals surface area contributed by atoms with Crippen LogP contribution in [-0.4, -0.2) is 12.6 Å². The Morgan fingerprint density at radius 3 is 2.57 bits per heavy atom. The first-order valence-electron chi connectivity index (χ1n) is 7.73. The monoisotopic (exact) mass is 316 g/mol. The molecule has 0 aliphatic carbocycles. The standard InChI is InChI=1S/C19H21FO3/c1-3-14(2)12-23-19(21)16-9-10-18(17(20)11-16)22-13-15-7-5-4-6-8-15/h4-11,14H,3,12-13H2,1-2H3. The first-order chi connectivity index (χ1) is 11.1. The maximum atomic E-state index is 14.0. The number of rotatable bonds is 7. The molecule has 122 valence electrons. The molecule has 2 aromatic carbocycles. The second-order valence-electron chi connectivity index (χ2n) is 5.53. The molecule has 0 radical (unpaired) electrons. The van der Waals surface area contributed by atoms with Crippen LogP contribution < -0.4 is 4.74 Å². The van der Waals surface area contributed by atoms with E-state index in [1.807, 2.05) is 44.2 Å². The molecule has 4 heteroatoms. The molecule has 0 heterocycles. The fourth-order valence-corrected chi connectivity index (χ4v) is 1.90. The second kappa shape index (κ2) is 8.32. The van der Waals surface area contributed by atoms with Crippen LogP contribution in [0.1, 0.15) is 36.2 Å². The minimum atomic E-state index is -0.570. The lowest BCUT2D eigenvalue weighted by Crippen LogP contribution is -2.12. The molecule has 0 N–H and O–H groups in total. The van der Waals surface area contributed by atoms with E-state index in [0.717, 1.165) is 18.1 Å². The number of benzene rings is 2. The SMILES string of the molecule is CCC(C)COC(=O)c1ccc(OCc2ccccc2)c(F)c1. The molecular formula is C19H21FO3. The highest BCUT2D eigenvalue weighted by molar-refractivity contribution is 5.89. The molecule has 2 rings (SSSR count). The van der Waals surface area contributed by atoms with Crippen molar-refractivity contribution in [1.82, 2.24) is 0 Å². The summed E-state index contributed by atoms with van der Waals surface area (Å²) in [6.45, 7) is 4.63. The first-order valence-corrected chi connectivity index (χ1v) is 7.73. The largest absolute Gasteiger partial charge is 0.486 e. The Kier molecular flexibility index (Phi) is 6.15. The molecule has 1 unspecified atom stereocenters. The summed E-state index contributed by atoms with van der Waals surface area (Å²) in [6, 6.07) is 13.6. The molecule has 0 aliphatic heterocycles. The Morgan fingerprint density at radius 1 is 1.17 bits per heavy atom. The maximum Gasteiger partial charge on any atom is 0.338 e. The van der Waals surface area contributed by atoms with Gasteiger partial charge in [-0.25, -0.2) is 9.18 Å². The first kappa shape index (κ1) is 17.0. The smallest absolute Gasteiger partial charge is 0.338 e. The lowest BCUT2D eigenvalue weighted by atomic mass is 10.1. The predicted molar refractivity (Wildman–Crippen MR) is 86.9 cm³/mol. The van der Waals surface area contributed by atoms with E-state index >= 15 is 0 Å². The normalized spacial score (nSPS) is 11.8. The minimum absolute atomic E-state index is 0.118. The molecule has 0 aromatic heterocycles. The van der Waals surface area contributed by atoms with E-state index in [0.29, 0.717) is 6.61 Å². The van der Waals surface area contributed by atoms with E-state index in [1.54, 1.807) is 0 Å². The Hall–Kier alpha value is -2.36. The minimum Gasteiger partial charge on any atom is -0.486 e. The van der Waals surface area contributed by atoms with Crippen molar-refractivity contribution in [1.29, 1.82) is 0 Å². The zero-order valence-electron chi connectivity index (χ0n) is 13.4. The van der Waals surface area contributed by atoms with Crippen LogP contribution in [0, 0.1) is 11.7 Å². The van der Waals surface area contributed by atoms with Crippen LogP contribution in [0.2, 0.25) is 0 Å². The van der Waals surface area contributed by atoms with Gasteiger partial charge in [0, 0.05) is 0 Å². The van der Waals surface area contributed by atoms with Gasteiger partial charge in [-0.2, -0.15) is 0 Å². The fourth-order valence-electron chi connectivity index (χ4n) is 1.90. The van der Waals surface area contributed by atoms with E-state index < -0.39 is 11.8 Å². The van der Waals surface area contributed by atoms with Gasteiger partial charge in [0.15, 0.2) is 11.6 Å². The molecule has 23 heavy (non-hydrogen) atoms. The molecule has 2 aromatic rings. The lowest BCUT2D eigenvalue weighted by Gasteiger charge is -2.11. The maximum absolute atomic E-state index is 14.0. The Bertz CT molecular complexity index is 640. The van der Waals surface area contributed by atoms with Crippen LogP contribution in [0.3, 0.4) is 0 Å². The van der Waals surface area contributed by atoms with E-state index in [1.165, 1.54) is 12.1 Å². The van der Waals surface area contributed by atoms with Gasteiger partial charge in [-0.3, -0.25) is 0 Å². The Morgan fingerprint density at radius 2 is 1.91 bits per heavy atom. The quantitative estimate of drug-likeness (QED) is 0.700. The topological polar surface area (TPSA) is 35.5 Å². The third kappa shape index (κ3) is 5.09. The van der Waals surface area contributed by atoms with Crippen LogP contribution in [0.25, 0.3) is 0 Å². The number of ether oxygens (including phenoxy) is 2. The molecule has 0 bridgehead atoms. The number of carbonyl (C=O) groups is 1. The molecule has 0 saturated carbocycles. The zero-order valence-corrected chi connectivity index (χ0v) is 13.4. The van der Waals surface area contributed by atoms with Gasteiger partial charge in [-0.05, 0) is 29.7 Å². The third-order valence-corrected chi connectivity index (χ3v) is 3.60. The van der Waals surface area contributed by atoms with Gasteiger partial charge < -0.3 is 9.47 Å². The lowest BCUT2D eigenvalue weighted by molar-refractivity contribution is 0.0446. The van der Waals surface area contributed by atoms with Crippen LogP contribution in [0.15, 0.2) is 48.5 Å². The molecule has 0 spiro atoms. The summed E-state index contributed by atoms with van der Waals surface area (Å²) in [5, 5.41) is 0. The highest BCUT2D eigenvalue weighted by atomic mass is 19.1. The van der Waals surface area contributed by atoms with Crippen molar-refractivity contribution in [3.8, 4) is 5.75 Å². The van der Waals surface area contributed by atoms with Gasteiger partial charge in [0.25, 0.3) is 0 Å². The van der Waals surface area contributed by atoms with Crippen molar-refractivity contribution in [2.24, 2.45) is 5.92 Å². The van der Waals surface area contributed by atoms with Crippen LogP contribution in [0.5, 0.6) is 5.75 Å². The van der Waals surface area contributed by atoms with Crippen LogP contribution in [0.4, 0.5) is 4.39 Å². The number of halogens is 1. The number of hydrogen-bond acceptors (Lipinski definition) is 3. The van der Waals surface area contributed by atoms with Crippen molar-refractivity contribution in [3.05, 3.63) is 65.5 Å². The van der Waals surface area contributed by atoms with E-state index in [2.05, 4.69) is 0 Å². The number of carbonyl (C=O) groups excluding carboxylic acids is 1. The van der Waals surface area contributed by atoms with Crippen molar-refractivity contribution in [2.75, 3.05) is 6.61 Å². The second-order valence-corrected chi connectivity index (χ2v) is 5.53. The summed E-state index contributed by atoms with van der Waals surface area (Å²) in [5.74, 6) is -0.678. The Balaban J connectivity index is 1.96. The molecule has 3 nitrogen and oxygen atoms in total.